The van der Waals surface area contributed by atoms with Gasteiger partial charge in [0, 0.05) is 23.7 Å². The van der Waals surface area contributed by atoms with Gasteiger partial charge in [0.2, 0.25) is 5.88 Å². The van der Waals surface area contributed by atoms with Crippen LogP contribution in [0.1, 0.15) is 17.5 Å². The van der Waals surface area contributed by atoms with Gasteiger partial charge in [0.1, 0.15) is 29.1 Å². The highest BCUT2D eigenvalue weighted by Gasteiger charge is 2.20. The molecule has 2 aromatic rings. The molecule has 0 saturated heterocycles. The maximum atomic E-state index is 9.49. The van der Waals surface area contributed by atoms with E-state index in [0.717, 1.165) is 18.7 Å². The number of anilines is 2. The minimum atomic E-state index is 0.0313. The number of nitrogen functional groups attached to an aromatic ring is 1. The molecule has 2 rings (SSSR count). The third-order valence-corrected chi connectivity index (χ3v) is 3.67. The summed E-state index contributed by atoms with van der Waals surface area (Å²) in [6, 6.07) is 11.5. The lowest BCUT2D eigenvalue weighted by Crippen LogP contribution is -2.05. The van der Waals surface area contributed by atoms with Gasteiger partial charge in [0.25, 0.3) is 0 Å². The Kier molecular flexibility index (Phi) is 5.83. The van der Waals surface area contributed by atoms with E-state index in [1.54, 1.807) is 0 Å². The third kappa shape index (κ3) is 3.51. The zero-order valence-electron chi connectivity index (χ0n) is 13.1. The Morgan fingerprint density at radius 2 is 2.04 bits per heavy atom. The maximum absolute atomic E-state index is 9.49. The highest BCUT2D eigenvalue weighted by Crippen LogP contribution is 2.35. The number of nitrogens with two attached hydrogens (primary N) is 1. The number of hydrogen-bond acceptors (Lipinski definition) is 6. The van der Waals surface area contributed by atoms with Crippen molar-refractivity contribution in [2.24, 2.45) is 0 Å². The number of alkyl halides is 1. The minimum Gasteiger partial charge on any atom is -0.480 e. The van der Waals surface area contributed by atoms with Crippen LogP contribution in [0.3, 0.4) is 0 Å². The number of halogens is 1. The number of hydrogen-bond donors (Lipinski definition) is 2. The van der Waals surface area contributed by atoms with E-state index < -0.39 is 0 Å². The van der Waals surface area contributed by atoms with Crippen molar-refractivity contribution in [2.45, 2.75) is 6.42 Å². The van der Waals surface area contributed by atoms with Gasteiger partial charge in [-0.1, -0.05) is 12.1 Å². The highest BCUT2D eigenvalue weighted by molar-refractivity contribution is 6.17. The SMILES string of the molecule is COc1nc(N)c(C#N)c(-c2cccc(NCCCCl)c2)c1C#N. The Hall–Kier alpha value is -2.96. The molecule has 0 atom stereocenters. The predicted molar refractivity (Wildman–Crippen MR) is 93.9 cm³/mol. The molecule has 0 aliphatic carbocycles. The van der Waals surface area contributed by atoms with Crippen molar-refractivity contribution in [1.82, 2.24) is 4.98 Å². The van der Waals surface area contributed by atoms with Crippen molar-refractivity contribution >= 4 is 23.1 Å². The normalized spacial score (nSPS) is 9.83. The molecule has 0 bridgehead atoms. The lowest BCUT2D eigenvalue weighted by atomic mass is 9.96. The van der Waals surface area contributed by atoms with Crippen molar-refractivity contribution in [3.05, 3.63) is 35.4 Å². The fraction of sp³-hybridized carbons (Fsp3) is 0.235. The summed E-state index contributed by atoms with van der Waals surface area (Å²) in [6.07, 6.45) is 0.828. The second kappa shape index (κ2) is 8.05. The second-order valence-corrected chi connectivity index (χ2v) is 5.28. The van der Waals surface area contributed by atoms with Crippen LogP contribution >= 0.6 is 11.6 Å². The van der Waals surface area contributed by atoms with Gasteiger partial charge < -0.3 is 15.8 Å². The van der Waals surface area contributed by atoms with Gasteiger partial charge >= 0.3 is 0 Å². The number of pyridine rings is 1. The number of nitrogens with one attached hydrogen (secondary N) is 1. The Balaban J connectivity index is 2.59. The van der Waals surface area contributed by atoms with Gasteiger partial charge in [0.05, 0.1) is 7.11 Å². The molecule has 1 aromatic heterocycles. The lowest BCUT2D eigenvalue weighted by molar-refractivity contribution is 0.397. The zero-order chi connectivity index (χ0) is 17.5. The molecule has 0 radical (unpaired) electrons. The standard InChI is InChI=1S/C17H16ClN5O/c1-24-17-14(10-20)15(13(9-19)16(21)23-17)11-4-2-5-12(8-11)22-7-3-6-18/h2,4-5,8,22H,3,6-7H2,1H3,(H2,21,23). The van der Waals surface area contributed by atoms with Crippen LogP contribution in [0.25, 0.3) is 11.1 Å². The van der Waals surface area contributed by atoms with E-state index >= 15 is 0 Å². The van der Waals surface area contributed by atoms with Gasteiger partial charge in [0.15, 0.2) is 0 Å². The van der Waals surface area contributed by atoms with E-state index in [-0.39, 0.29) is 22.8 Å². The van der Waals surface area contributed by atoms with Crippen LogP contribution < -0.4 is 15.8 Å². The molecule has 0 aliphatic rings. The molecular formula is C17H16ClN5O. The highest BCUT2D eigenvalue weighted by atomic mass is 35.5. The first-order chi connectivity index (χ1) is 11.7. The first-order valence-corrected chi connectivity index (χ1v) is 7.77. The fourth-order valence-electron chi connectivity index (χ4n) is 2.32. The number of nitrogens with zero attached hydrogens (tertiary/aromatic N) is 3. The van der Waals surface area contributed by atoms with Crippen molar-refractivity contribution in [2.75, 3.05) is 30.6 Å². The van der Waals surface area contributed by atoms with Crippen LogP contribution in [0.4, 0.5) is 11.5 Å². The summed E-state index contributed by atoms with van der Waals surface area (Å²) in [6.45, 7) is 0.727. The fourth-order valence-corrected chi connectivity index (χ4v) is 2.45. The predicted octanol–water partition coefficient (Wildman–Crippen LogP) is 3.12. The quantitative estimate of drug-likeness (QED) is 0.617. The molecule has 0 spiro atoms. The molecule has 0 amide bonds. The smallest absolute Gasteiger partial charge is 0.234 e. The molecule has 3 N–H and O–H groups in total. The largest absolute Gasteiger partial charge is 0.480 e. The van der Waals surface area contributed by atoms with Crippen LogP contribution in [0.15, 0.2) is 24.3 Å². The molecule has 24 heavy (non-hydrogen) atoms. The molecular weight excluding hydrogens is 326 g/mol. The van der Waals surface area contributed by atoms with Gasteiger partial charge in [-0.2, -0.15) is 15.5 Å². The average Bonchev–Trinajstić information content (AvgIpc) is 2.61. The van der Waals surface area contributed by atoms with E-state index in [1.165, 1.54) is 7.11 Å². The molecule has 0 saturated carbocycles. The third-order valence-electron chi connectivity index (χ3n) is 3.40. The van der Waals surface area contributed by atoms with Crippen LogP contribution in [-0.2, 0) is 0 Å². The first-order valence-electron chi connectivity index (χ1n) is 7.24. The van der Waals surface area contributed by atoms with Crippen molar-refractivity contribution in [3.8, 4) is 29.1 Å². The van der Waals surface area contributed by atoms with E-state index in [4.69, 9.17) is 22.1 Å². The minimum absolute atomic E-state index is 0.0313. The summed E-state index contributed by atoms with van der Waals surface area (Å²) in [5, 5.41) is 22.2. The van der Waals surface area contributed by atoms with E-state index in [2.05, 4.69) is 16.4 Å². The van der Waals surface area contributed by atoms with Crippen molar-refractivity contribution in [1.29, 1.82) is 10.5 Å². The Morgan fingerprint density at radius 1 is 1.29 bits per heavy atom. The van der Waals surface area contributed by atoms with Crippen LogP contribution in [0.5, 0.6) is 5.88 Å². The van der Waals surface area contributed by atoms with Crippen LogP contribution in [0, 0.1) is 22.7 Å². The van der Waals surface area contributed by atoms with E-state index in [9.17, 15) is 10.5 Å². The molecule has 0 unspecified atom stereocenters. The Bertz CT molecular complexity index is 823. The Morgan fingerprint density at radius 3 is 2.67 bits per heavy atom. The van der Waals surface area contributed by atoms with Crippen LogP contribution in [0.2, 0.25) is 0 Å². The first kappa shape index (κ1) is 17.4. The lowest BCUT2D eigenvalue weighted by Gasteiger charge is -2.13. The number of ether oxygens (including phenoxy) is 1. The number of benzene rings is 1. The molecule has 0 fully saturated rings. The summed E-state index contributed by atoms with van der Waals surface area (Å²) >= 11 is 5.68. The van der Waals surface area contributed by atoms with Gasteiger partial charge in [-0.05, 0) is 24.1 Å². The molecule has 1 heterocycles. The molecule has 6 nitrogen and oxygen atoms in total. The second-order valence-electron chi connectivity index (χ2n) is 4.91. The summed E-state index contributed by atoms with van der Waals surface area (Å²) in [7, 11) is 1.41. The summed E-state index contributed by atoms with van der Waals surface area (Å²) in [5.41, 5.74) is 8.16. The van der Waals surface area contributed by atoms with Crippen molar-refractivity contribution in [3.63, 3.8) is 0 Å². The average molecular weight is 342 g/mol. The molecule has 122 valence electrons. The number of methoxy groups -OCH3 is 1. The summed E-state index contributed by atoms with van der Waals surface area (Å²) < 4.78 is 5.14. The van der Waals surface area contributed by atoms with E-state index in [1.807, 2.05) is 30.3 Å². The Labute approximate surface area is 145 Å². The monoisotopic (exact) mass is 341 g/mol. The molecule has 1 aromatic carbocycles. The number of nitriles is 2. The number of aromatic nitrogens is 1. The maximum Gasteiger partial charge on any atom is 0.234 e. The molecule has 0 aliphatic heterocycles. The molecule has 7 heteroatoms. The topological polar surface area (TPSA) is 108 Å². The van der Waals surface area contributed by atoms with Crippen molar-refractivity contribution < 1.29 is 4.74 Å². The summed E-state index contributed by atoms with van der Waals surface area (Å²) in [5.74, 6) is 0.704. The van der Waals surface area contributed by atoms with Gasteiger partial charge in [-0.15, -0.1) is 11.6 Å². The van der Waals surface area contributed by atoms with E-state index in [0.29, 0.717) is 17.0 Å². The van der Waals surface area contributed by atoms with Gasteiger partial charge in [-0.3, -0.25) is 0 Å². The van der Waals surface area contributed by atoms with Crippen LogP contribution in [-0.4, -0.2) is 24.5 Å². The number of rotatable bonds is 6. The zero-order valence-corrected chi connectivity index (χ0v) is 13.9. The van der Waals surface area contributed by atoms with Gasteiger partial charge in [-0.25, -0.2) is 0 Å². The summed E-state index contributed by atoms with van der Waals surface area (Å²) in [4.78, 5) is 3.98.